The number of rotatable bonds is 3. The van der Waals surface area contributed by atoms with E-state index in [9.17, 15) is 4.79 Å². The van der Waals surface area contributed by atoms with Crippen molar-refractivity contribution in [2.24, 2.45) is 0 Å². The third kappa shape index (κ3) is 4.25. The van der Waals surface area contributed by atoms with E-state index in [0.29, 0.717) is 37.6 Å². The first-order chi connectivity index (χ1) is 9.28. The standard InChI is InChI=1S/C13H15N3O3/c14-7-10-2-1-3-11(6-10)16-13(17)15-8-12-9-18-4-5-19-12/h1-3,6,12H,4-5,8-9H2,(H2,15,16,17)/t12-/m0/s1. The fraction of sp³-hybridized carbons (Fsp3) is 0.385. The normalized spacial score (nSPS) is 18.4. The molecule has 19 heavy (non-hydrogen) atoms. The number of hydrogen-bond acceptors (Lipinski definition) is 4. The molecule has 2 amide bonds. The van der Waals surface area contributed by atoms with Gasteiger partial charge in [-0.15, -0.1) is 0 Å². The molecular formula is C13H15N3O3. The maximum atomic E-state index is 11.7. The fourth-order valence-corrected chi connectivity index (χ4v) is 1.70. The number of hydrogen-bond donors (Lipinski definition) is 2. The van der Waals surface area contributed by atoms with Crippen molar-refractivity contribution < 1.29 is 14.3 Å². The van der Waals surface area contributed by atoms with Gasteiger partial charge in [-0.25, -0.2) is 4.79 Å². The Balaban J connectivity index is 1.78. The van der Waals surface area contributed by atoms with Gasteiger partial charge in [-0.3, -0.25) is 0 Å². The van der Waals surface area contributed by atoms with Crippen LogP contribution >= 0.6 is 0 Å². The lowest BCUT2D eigenvalue weighted by atomic mass is 10.2. The van der Waals surface area contributed by atoms with Crippen LogP contribution in [0.1, 0.15) is 5.56 Å². The van der Waals surface area contributed by atoms with Crippen molar-refractivity contribution in [2.75, 3.05) is 31.7 Å². The van der Waals surface area contributed by atoms with Crippen LogP contribution in [0.25, 0.3) is 0 Å². The van der Waals surface area contributed by atoms with E-state index in [4.69, 9.17) is 14.7 Å². The van der Waals surface area contributed by atoms with Crippen LogP contribution in [0.5, 0.6) is 0 Å². The number of ether oxygens (including phenoxy) is 2. The van der Waals surface area contributed by atoms with E-state index in [-0.39, 0.29) is 12.1 Å². The van der Waals surface area contributed by atoms with Gasteiger partial charge in [0.2, 0.25) is 0 Å². The molecule has 100 valence electrons. The van der Waals surface area contributed by atoms with Crippen LogP contribution in [-0.2, 0) is 9.47 Å². The molecule has 2 N–H and O–H groups in total. The molecule has 1 aliphatic heterocycles. The summed E-state index contributed by atoms with van der Waals surface area (Å²) in [5, 5.41) is 14.1. The second-order valence-corrected chi connectivity index (χ2v) is 4.10. The molecule has 1 aliphatic rings. The van der Waals surface area contributed by atoms with E-state index >= 15 is 0 Å². The Morgan fingerprint density at radius 3 is 3.11 bits per heavy atom. The van der Waals surface area contributed by atoms with E-state index < -0.39 is 0 Å². The molecule has 0 spiro atoms. The highest BCUT2D eigenvalue weighted by molar-refractivity contribution is 5.89. The molecule has 1 atom stereocenters. The Morgan fingerprint density at radius 2 is 2.37 bits per heavy atom. The summed E-state index contributed by atoms with van der Waals surface area (Å²) in [6.45, 7) is 2.04. The van der Waals surface area contributed by atoms with Crippen LogP contribution in [0.4, 0.5) is 10.5 Å². The minimum Gasteiger partial charge on any atom is -0.376 e. The van der Waals surface area contributed by atoms with Gasteiger partial charge in [0.25, 0.3) is 0 Å². The maximum Gasteiger partial charge on any atom is 0.319 e. The first-order valence-electron chi connectivity index (χ1n) is 6.02. The number of amides is 2. The van der Waals surface area contributed by atoms with Crippen molar-refractivity contribution in [1.29, 1.82) is 5.26 Å². The van der Waals surface area contributed by atoms with Gasteiger partial charge in [0.15, 0.2) is 0 Å². The van der Waals surface area contributed by atoms with Gasteiger partial charge < -0.3 is 20.1 Å². The predicted molar refractivity (Wildman–Crippen MR) is 68.7 cm³/mol. The predicted octanol–water partition coefficient (Wildman–Crippen LogP) is 1.10. The zero-order chi connectivity index (χ0) is 13.5. The maximum absolute atomic E-state index is 11.7. The topological polar surface area (TPSA) is 83.4 Å². The SMILES string of the molecule is N#Cc1cccc(NC(=O)NC[C@H]2COCCO2)c1. The molecule has 0 radical (unpaired) electrons. The van der Waals surface area contributed by atoms with Crippen molar-refractivity contribution in [3.05, 3.63) is 29.8 Å². The molecule has 0 unspecified atom stereocenters. The van der Waals surface area contributed by atoms with Gasteiger partial charge in [0.1, 0.15) is 0 Å². The molecule has 1 aromatic rings. The molecule has 1 aromatic carbocycles. The first kappa shape index (κ1) is 13.3. The average molecular weight is 261 g/mol. The van der Waals surface area contributed by atoms with Gasteiger partial charge in [0, 0.05) is 12.2 Å². The zero-order valence-electron chi connectivity index (χ0n) is 10.4. The Hall–Kier alpha value is -2.10. The van der Waals surface area contributed by atoms with Gasteiger partial charge in [0.05, 0.1) is 37.6 Å². The second-order valence-electron chi connectivity index (χ2n) is 4.10. The molecule has 0 aromatic heterocycles. The lowest BCUT2D eigenvalue weighted by Crippen LogP contribution is -2.41. The molecule has 6 heteroatoms. The number of urea groups is 1. The van der Waals surface area contributed by atoms with Gasteiger partial charge in [-0.1, -0.05) is 6.07 Å². The Bertz CT molecular complexity index is 478. The molecule has 2 rings (SSSR count). The Labute approximate surface area is 111 Å². The Morgan fingerprint density at radius 1 is 1.47 bits per heavy atom. The van der Waals surface area contributed by atoms with Crippen molar-refractivity contribution in [1.82, 2.24) is 5.32 Å². The van der Waals surface area contributed by atoms with E-state index in [2.05, 4.69) is 10.6 Å². The lowest BCUT2D eigenvalue weighted by Gasteiger charge is -2.23. The summed E-state index contributed by atoms with van der Waals surface area (Å²) in [6, 6.07) is 8.41. The summed E-state index contributed by atoms with van der Waals surface area (Å²) >= 11 is 0. The molecule has 0 saturated carbocycles. The van der Waals surface area contributed by atoms with E-state index in [0.717, 1.165) is 0 Å². The third-order valence-corrected chi connectivity index (χ3v) is 2.62. The number of carbonyl (C=O) groups is 1. The number of benzene rings is 1. The van der Waals surface area contributed by atoms with Crippen LogP contribution < -0.4 is 10.6 Å². The number of carbonyl (C=O) groups excluding carboxylic acids is 1. The highest BCUT2D eigenvalue weighted by Crippen LogP contribution is 2.09. The summed E-state index contributed by atoms with van der Waals surface area (Å²) in [5.74, 6) is 0. The van der Waals surface area contributed by atoms with E-state index in [1.807, 2.05) is 6.07 Å². The van der Waals surface area contributed by atoms with Crippen LogP contribution in [0.2, 0.25) is 0 Å². The molecule has 0 bridgehead atoms. The number of nitrogens with zero attached hydrogens (tertiary/aromatic N) is 1. The largest absolute Gasteiger partial charge is 0.376 e. The number of anilines is 1. The zero-order valence-corrected chi connectivity index (χ0v) is 10.4. The van der Waals surface area contributed by atoms with Crippen LogP contribution in [0.15, 0.2) is 24.3 Å². The van der Waals surface area contributed by atoms with Gasteiger partial charge in [-0.05, 0) is 18.2 Å². The highest BCUT2D eigenvalue weighted by atomic mass is 16.6. The highest BCUT2D eigenvalue weighted by Gasteiger charge is 2.15. The summed E-state index contributed by atoms with van der Waals surface area (Å²) in [5.41, 5.74) is 1.08. The Kier molecular flexibility index (Phi) is 4.72. The minimum atomic E-state index is -0.329. The first-order valence-corrected chi connectivity index (χ1v) is 6.02. The molecule has 1 heterocycles. The number of nitrogens with one attached hydrogen (secondary N) is 2. The average Bonchev–Trinajstić information content (AvgIpc) is 2.46. The van der Waals surface area contributed by atoms with Crippen LogP contribution in [0, 0.1) is 11.3 Å². The molecular weight excluding hydrogens is 246 g/mol. The van der Waals surface area contributed by atoms with E-state index in [1.54, 1.807) is 24.3 Å². The third-order valence-electron chi connectivity index (χ3n) is 2.62. The van der Waals surface area contributed by atoms with Crippen LogP contribution in [-0.4, -0.2) is 38.5 Å². The van der Waals surface area contributed by atoms with Crippen molar-refractivity contribution in [3.63, 3.8) is 0 Å². The van der Waals surface area contributed by atoms with Crippen molar-refractivity contribution >= 4 is 11.7 Å². The molecule has 1 fully saturated rings. The number of nitriles is 1. The lowest BCUT2D eigenvalue weighted by molar-refractivity contribution is -0.0852. The monoisotopic (exact) mass is 261 g/mol. The van der Waals surface area contributed by atoms with Crippen LogP contribution in [0.3, 0.4) is 0 Å². The van der Waals surface area contributed by atoms with Gasteiger partial charge in [-0.2, -0.15) is 5.26 Å². The van der Waals surface area contributed by atoms with E-state index in [1.165, 1.54) is 0 Å². The minimum absolute atomic E-state index is 0.107. The summed E-state index contributed by atoms with van der Waals surface area (Å²) in [7, 11) is 0. The summed E-state index contributed by atoms with van der Waals surface area (Å²) in [6.07, 6.45) is -0.107. The molecule has 1 saturated heterocycles. The second kappa shape index (κ2) is 6.73. The fourth-order valence-electron chi connectivity index (χ4n) is 1.70. The molecule has 0 aliphatic carbocycles. The smallest absolute Gasteiger partial charge is 0.319 e. The molecule has 6 nitrogen and oxygen atoms in total. The summed E-state index contributed by atoms with van der Waals surface area (Å²) in [4.78, 5) is 11.7. The quantitative estimate of drug-likeness (QED) is 0.853. The van der Waals surface area contributed by atoms with Crippen molar-refractivity contribution in [2.45, 2.75) is 6.10 Å². The van der Waals surface area contributed by atoms with Gasteiger partial charge >= 0.3 is 6.03 Å². The van der Waals surface area contributed by atoms with Crippen molar-refractivity contribution in [3.8, 4) is 6.07 Å². The summed E-state index contributed by atoms with van der Waals surface area (Å²) < 4.78 is 10.6.